The van der Waals surface area contributed by atoms with Crippen molar-refractivity contribution < 1.29 is 5.11 Å². The summed E-state index contributed by atoms with van der Waals surface area (Å²) in [4.78, 5) is 11.7. The van der Waals surface area contributed by atoms with E-state index in [4.69, 9.17) is 5.11 Å². The van der Waals surface area contributed by atoms with Crippen LogP contribution in [-0.2, 0) is 19.6 Å². The van der Waals surface area contributed by atoms with Gasteiger partial charge in [-0.25, -0.2) is 0 Å². The summed E-state index contributed by atoms with van der Waals surface area (Å²) in [5.41, 5.74) is 2.57. The van der Waals surface area contributed by atoms with Crippen molar-refractivity contribution in [3.8, 4) is 0 Å². The number of rotatable bonds is 1. The van der Waals surface area contributed by atoms with Gasteiger partial charge in [0.1, 0.15) is 0 Å². The third-order valence-electron chi connectivity index (χ3n) is 2.68. The molecule has 1 aromatic heterocycles. The largest absolute Gasteiger partial charge is 0.391 e. The normalized spacial score (nSPS) is 14.6. The molecular formula is C10H13NO2. The Morgan fingerprint density at radius 1 is 1.62 bits per heavy atom. The second-order valence-corrected chi connectivity index (χ2v) is 3.52. The molecule has 0 amide bonds. The van der Waals surface area contributed by atoms with Crippen molar-refractivity contribution in [1.82, 2.24) is 4.57 Å². The smallest absolute Gasteiger partial charge is 0.256 e. The Kier molecular flexibility index (Phi) is 1.96. The van der Waals surface area contributed by atoms with E-state index in [1.54, 1.807) is 4.57 Å². The highest BCUT2D eigenvalue weighted by Gasteiger charge is 2.15. The Balaban J connectivity index is 2.70. The predicted octanol–water partition coefficient (Wildman–Crippen LogP) is 0.595. The molecule has 0 unspecified atom stereocenters. The summed E-state index contributed by atoms with van der Waals surface area (Å²) in [6.45, 7) is 2.54. The van der Waals surface area contributed by atoms with Gasteiger partial charge in [-0.05, 0) is 31.4 Å². The summed E-state index contributed by atoms with van der Waals surface area (Å²) >= 11 is 0. The monoisotopic (exact) mass is 179 g/mol. The number of aliphatic hydroxyl groups excluding tert-OH is 1. The SMILES string of the molecule is Cc1cc2n(c(=O)c1CO)CCC2. The Bertz CT molecular complexity index is 386. The van der Waals surface area contributed by atoms with E-state index in [-0.39, 0.29) is 12.2 Å². The fourth-order valence-corrected chi connectivity index (χ4v) is 1.94. The van der Waals surface area contributed by atoms with Crippen molar-refractivity contribution in [1.29, 1.82) is 0 Å². The minimum absolute atomic E-state index is 0.00463. The van der Waals surface area contributed by atoms with Gasteiger partial charge >= 0.3 is 0 Å². The zero-order valence-corrected chi connectivity index (χ0v) is 7.71. The third kappa shape index (κ3) is 1.20. The molecule has 0 fully saturated rings. The summed E-state index contributed by atoms with van der Waals surface area (Å²) in [5.74, 6) is 0. The zero-order valence-electron chi connectivity index (χ0n) is 7.71. The van der Waals surface area contributed by atoms with Crippen LogP contribution in [0.25, 0.3) is 0 Å². The first-order valence-corrected chi connectivity index (χ1v) is 4.57. The van der Waals surface area contributed by atoms with Crippen molar-refractivity contribution in [2.24, 2.45) is 0 Å². The average molecular weight is 179 g/mol. The zero-order chi connectivity index (χ0) is 9.42. The Morgan fingerprint density at radius 3 is 3.08 bits per heavy atom. The Labute approximate surface area is 76.6 Å². The molecule has 1 aliphatic heterocycles. The van der Waals surface area contributed by atoms with Gasteiger partial charge in [0.2, 0.25) is 0 Å². The van der Waals surface area contributed by atoms with E-state index in [0.717, 1.165) is 30.6 Å². The van der Waals surface area contributed by atoms with Gasteiger partial charge in [0.15, 0.2) is 0 Å². The highest BCUT2D eigenvalue weighted by molar-refractivity contribution is 5.27. The van der Waals surface area contributed by atoms with Gasteiger partial charge < -0.3 is 9.67 Å². The maximum Gasteiger partial charge on any atom is 0.256 e. The summed E-state index contributed by atoms with van der Waals surface area (Å²) in [6, 6.07) is 2.01. The molecule has 0 radical (unpaired) electrons. The molecule has 0 spiro atoms. The topological polar surface area (TPSA) is 42.2 Å². The maximum atomic E-state index is 11.7. The number of fused-ring (bicyclic) bond motifs is 1. The molecule has 0 bridgehead atoms. The average Bonchev–Trinajstić information content (AvgIpc) is 2.53. The molecule has 2 rings (SSSR count). The Hall–Kier alpha value is -1.09. The van der Waals surface area contributed by atoms with E-state index in [2.05, 4.69) is 0 Å². The highest BCUT2D eigenvalue weighted by atomic mass is 16.3. The molecule has 1 aliphatic rings. The standard InChI is InChI=1S/C10H13NO2/c1-7-5-8-3-2-4-11(8)10(13)9(7)6-12/h5,12H,2-4,6H2,1H3. The van der Waals surface area contributed by atoms with Crippen LogP contribution in [0.3, 0.4) is 0 Å². The lowest BCUT2D eigenvalue weighted by atomic mass is 10.1. The van der Waals surface area contributed by atoms with Crippen molar-refractivity contribution in [3.63, 3.8) is 0 Å². The number of aryl methyl sites for hydroxylation is 2. The maximum absolute atomic E-state index is 11.7. The molecule has 0 atom stereocenters. The first-order chi connectivity index (χ1) is 6.24. The molecule has 0 saturated carbocycles. The lowest BCUT2D eigenvalue weighted by Gasteiger charge is -2.07. The van der Waals surface area contributed by atoms with E-state index in [1.807, 2.05) is 13.0 Å². The number of hydrogen-bond acceptors (Lipinski definition) is 2. The van der Waals surface area contributed by atoms with Crippen LogP contribution in [-0.4, -0.2) is 9.67 Å². The lowest BCUT2D eigenvalue weighted by Crippen LogP contribution is -2.24. The van der Waals surface area contributed by atoms with Gasteiger partial charge in [0.25, 0.3) is 5.56 Å². The van der Waals surface area contributed by atoms with Crippen molar-refractivity contribution in [2.45, 2.75) is 32.9 Å². The minimum atomic E-state index is -0.148. The second-order valence-electron chi connectivity index (χ2n) is 3.52. The Morgan fingerprint density at radius 2 is 2.38 bits per heavy atom. The predicted molar refractivity (Wildman–Crippen MR) is 49.7 cm³/mol. The van der Waals surface area contributed by atoms with Crippen LogP contribution in [0.1, 0.15) is 23.2 Å². The molecule has 3 nitrogen and oxygen atoms in total. The van der Waals surface area contributed by atoms with Crippen LogP contribution >= 0.6 is 0 Å². The van der Waals surface area contributed by atoms with E-state index in [0.29, 0.717) is 5.56 Å². The summed E-state index contributed by atoms with van der Waals surface area (Å²) in [6.07, 6.45) is 2.03. The number of nitrogens with zero attached hydrogens (tertiary/aromatic N) is 1. The fourth-order valence-electron chi connectivity index (χ4n) is 1.94. The first-order valence-electron chi connectivity index (χ1n) is 4.57. The van der Waals surface area contributed by atoms with Gasteiger partial charge in [-0.1, -0.05) is 0 Å². The van der Waals surface area contributed by atoms with Gasteiger partial charge in [-0.15, -0.1) is 0 Å². The lowest BCUT2D eigenvalue weighted by molar-refractivity contribution is 0.278. The molecule has 1 aromatic rings. The summed E-state index contributed by atoms with van der Waals surface area (Å²) < 4.78 is 1.78. The van der Waals surface area contributed by atoms with Crippen LogP contribution in [0.5, 0.6) is 0 Å². The molecule has 0 saturated heterocycles. The van der Waals surface area contributed by atoms with Crippen LogP contribution in [0.15, 0.2) is 10.9 Å². The van der Waals surface area contributed by atoms with Crippen molar-refractivity contribution in [3.05, 3.63) is 33.2 Å². The van der Waals surface area contributed by atoms with Gasteiger partial charge in [0.05, 0.1) is 6.61 Å². The van der Waals surface area contributed by atoms with E-state index in [1.165, 1.54) is 0 Å². The van der Waals surface area contributed by atoms with Crippen molar-refractivity contribution in [2.75, 3.05) is 0 Å². The fraction of sp³-hybridized carbons (Fsp3) is 0.500. The van der Waals surface area contributed by atoms with Gasteiger partial charge in [-0.3, -0.25) is 4.79 Å². The van der Waals surface area contributed by atoms with Crippen LogP contribution in [0.2, 0.25) is 0 Å². The molecule has 0 aromatic carbocycles. The molecule has 3 heteroatoms. The quantitative estimate of drug-likeness (QED) is 0.685. The first kappa shape index (κ1) is 8.51. The molecule has 1 N–H and O–H groups in total. The van der Waals surface area contributed by atoms with Crippen LogP contribution in [0.4, 0.5) is 0 Å². The molecule has 0 aliphatic carbocycles. The van der Waals surface area contributed by atoms with Gasteiger partial charge in [-0.2, -0.15) is 0 Å². The van der Waals surface area contributed by atoms with Gasteiger partial charge in [0, 0.05) is 17.8 Å². The summed E-state index contributed by atoms with van der Waals surface area (Å²) in [7, 11) is 0. The third-order valence-corrected chi connectivity index (χ3v) is 2.68. The van der Waals surface area contributed by atoms with E-state index in [9.17, 15) is 4.79 Å². The van der Waals surface area contributed by atoms with E-state index >= 15 is 0 Å². The van der Waals surface area contributed by atoms with Crippen molar-refractivity contribution >= 4 is 0 Å². The molecule has 2 heterocycles. The number of hydrogen-bond donors (Lipinski definition) is 1. The molecule has 13 heavy (non-hydrogen) atoms. The van der Waals surface area contributed by atoms with E-state index < -0.39 is 0 Å². The molecule has 70 valence electrons. The number of aromatic nitrogens is 1. The number of aliphatic hydroxyl groups is 1. The highest BCUT2D eigenvalue weighted by Crippen LogP contribution is 2.14. The van der Waals surface area contributed by atoms with Crippen LogP contribution < -0.4 is 5.56 Å². The minimum Gasteiger partial charge on any atom is -0.391 e. The summed E-state index contributed by atoms with van der Waals surface area (Å²) in [5, 5.41) is 9.02. The van der Waals surface area contributed by atoms with Crippen LogP contribution in [0, 0.1) is 6.92 Å². The second kappa shape index (κ2) is 3.00. The molecular weight excluding hydrogens is 166 g/mol. The number of pyridine rings is 1.